The minimum atomic E-state index is -4.94. The Morgan fingerprint density at radius 1 is 1.19 bits per heavy atom. The van der Waals surface area contributed by atoms with Gasteiger partial charge in [0.25, 0.3) is 5.91 Å². The number of halogens is 6. The van der Waals surface area contributed by atoms with Gasteiger partial charge in [-0.05, 0) is 43.7 Å². The van der Waals surface area contributed by atoms with Gasteiger partial charge in [0.15, 0.2) is 0 Å². The van der Waals surface area contributed by atoms with E-state index in [-0.39, 0.29) is 31.5 Å². The van der Waals surface area contributed by atoms with E-state index in [9.17, 15) is 35.9 Å². The summed E-state index contributed by atoms with van der Waals surface area (Å²) in [4.78, 5) is 27.4. The molecule has 0 radical (unpaired) electrons. The molecule has 2 aromatic rings. The summed E-state index contributed by atoms with van der Waals surface area (Å²) in [6.07, 6.45) is -8.93. The third-order valence-corrected chi connectivity index (χ3v) is 6.09. The number of aryl methyl sites for hydroxylation is 1. The van der Waals surface area contributed by atoms with Crippen LogP contribution in [0, 0.1) is 17.8 Å². The van der Waals surface area contributed by atoms with Crippen LogP contribution in [0.15, 0.2) is 18.3 Å². The lowest BCUT2D eigenvalue weighted by molar-refractivity contribution is -0.366. The van der Waals surface area contributed by atoms with Gasteiger partial charge < -0.3 is 10.4 Å². The van der Waals surface area contributed by atoms with Crippen molar-refractivity contribution >= 4 is 17.6 Å². The van der Waals surface area contributed by atoms with Gasteiger partial charge in [0, 0.05) is 18.4 Å². The number of anilines is 1. The summed E-state index contributed by atoms with van der Waals surface area (Å²) in [6.45, 7) is 0.797. The number of carboxylic acid groups (broad SMARTS) is 1. The van der Waals surface area contributed by atoms with Crippen molar-refractivity contribution in [3.05, 3.63) is 41.0 Å². The van der Waals surface area contributed by atoms with E-state index >= 15 is 0 Å². The Kier molecular flexibility index (Phi) is 4.62. The predicted octanol–water partition coefficient (Wildman–Crippen LogP) is 4.29. The molecule has 2 N–H and O–H groups in total. The summed E-state index contributed by atoms with van der Waals surface area (Å²) in [5.74, 6) is -2.61. The molecule has 1 amide bonds. The number of nitrogens with one attached hydrogen (secondary N) is 1. The normalized spacial score (nSPS) is 24.5. The van der Waals surface area contributed by atoms with E-state index in [2.05, 4.69) is 15.4 Å². The van der Waals surface area contributed by atoms with E-state index in [1.807, 2.05) is 0 Å². The summed E-state index contributed by atoms with van der Waals surface area (Å²) in [6, 6.07) is 2.16. The van der Waals surface area contributed by atoms with Crippen LogP contribution < -0.4 is 5.32 Å². The van der Waals surface area contributed by atoms with Crippen LogP contribution in [0.4, 0.5) is 32.0 Å². The van der Waals surface area contributed by atoms with Crippen LogP contribution in [0.1, 0.15) is 51.5 Å². The molecule has 0 aromatic carbocycles. The van der Waals surface area contributed by atoms with Crippen molar-refractivity contribution in [2.75, 3.05) is 5.32 Å². The lowest BCUT2D eigenvalue weighted by Crippen LogP contribution is -2.69. The minimum Gasteiger partial charge on any atom is -0.477 e. The van der Waals surface area contributed by atoms with Crippen LogP contribution in [0.5, 0.6) is 0 Å². The van der Waals surface area contributed by atoms with Crippen molar-refractivity contribution < 1.29 is 41.0 Å². The fourth-order valence-corrected chi connectivity index (χ4v) is 4.87. The number of aromatic carboxylic acids is 1. The van der Waals surface area contributed by atoms with Crippen molar-refractivity contribution in [1.29, 1.82) is 0 Å². The van der Waals surface area contributed by atoms with Gasteiger partial charge in [-0.2, -0.15) is 31.4 Å². The number of carbonyl (C=O) groups is 2. The van der Waals surface area contributed by atoms with Gasteiger partial charge in [-0.3, -0.25) is 9.48 Å². The van der Waals surface area contributed by atoms with Gasteiger partial charge in [0.2, 0.25) is 0 Å². The number of hydrogen-bond donors (Lipinski definition) is 2. The monoisotopic (exact) mass is 462 g/mol. The topological polar surface area (TPSA) is 97.1 Å². The van der Waals surface area contributed by atoms with Gasteiger partial charge in [0.05, 0.1) is 11.1 Å². The number of hydrogen-bond acceptors (Lipinski definition) is 4. The summed E-state index contributed by atoms with van der Waals surface area (Å²) < 4.78 is 81.2. The number of rotatable bonds is 5. The predicted molar refractivity (Wildman–Crippen MR) is 95.9 cm³/mol. The molecule has 172 valence electrons. The van der Waals surface area contributed by atoms with Gasteiger partial charge >= 0.3 is 18.3 Å². The van der Waals surface area contributed by atoms with E-state index in [1.54, 1.807) is 0 Å². The first-order valence-electron chi connectivity index (χ1n) is 9.39. The van der Waals surface area contributed by atoms with E-state index in [4.69, 9.17) is 5.11 Å². The highest BCUT2D eigenvalue weighted by molar-refractivity contribution is 6.04. The zero-order valence-corrected chi connectivity index (χ0v) is 16.4. The second-order valence-corrected chi connectivity index (χ2v) is 8.46. The zero-order valence-electron chi connectivity index (χ0n) is 16.4. The number of alkyl halides is 6. The molecule has 2 aromatic heterocycles. The molecule has 3 saturated carbocycles. The SMILES string of the molecule is Cc1nn(CC23CC(C(F)(F)F)(C2)C3)c(C(=O)Nc2ccnc(C(=O)O)c2)c1C(F)(F)F. The van der Waals surface area contributed by atoms with Crippen LogP contribution in [-0.4, -0.2) is 37.9 Å². The van der Waals surface area contributed by atoms with Crippen LogP contribution in [-0.2, 0) is 12.7 Å². The average molecular weight is 462 g/mol. The highest BCUT2D eigenvalue weighted by atomic mass is 19.4. The lowest BCUT2D eigenvalue weighted by Gasteiger charge is -2.70. The standard InChI is InChI=1S/C19H16F6N4O3/c1-9-12(18(20,21)22)13(14(30)27-10-2-3-26-11(4-10)15(31)32)29(28-9)8-16-5-17(6-16,7-16)19(23,24)25/h2-4H,5-8H2,1H3,(H,31,32)(H,26,27,30). The molecule has 3 fully saturated rings. The minimum absolute atomic E-state index is 0.109. The highest BCUT2D eigenvalue weighted by Crippen LogP contribution is 2.78. The molecule has 2 heterocycles. The molecule has 0 aliphatic heterocycles. The number of amides is 1. The van der Waals surface area contributed by atoms with Crippen molar-refractivity contribution in [3.63, 3.8) is 0 Å². The van der Waals surface area contributed by atoms with Crippen LogP contribution >= 0.6 is 0 Å². The molecule has 3 aliphatic rings. The molecular formula is C19H16F6N4O3. The molecule has 13 heteroatoms. The first kappa shape index (κ1) is 22.1. The largest absolute Gasteiger partial charge is 0.477 e. The summed E-state index contributed by atoms with van der Waals surface area (Å²) >= 11 is 0. The quantitative estimate of drug-likeness (QED) is 0.647. The average Bonchev–Trinajstić information content (AvgIpc) is 2.92. The van der Waals surface area contributed by atoms with Crippen molar-refractivity contribution in [2.24, 2.45) is 10.8 Å². The number of aromatic nitrogens is 3. The van der Waals surface area contributed by atoms with Crippen molar-refractivity contribution in [1.82, 2.24) is 14.8 Å². The van der Waals surface area contributed by atoms with E-state index in [1.165, 1.54) is 6.07 Å². The Labute approximate surface area is 176 Å². The van der Waals surface area contributed by atoms with Gasteiger partial charge in [0.1, 0.15) is 17.0 Å². The van der Waals surface area contributed by atoms with E-state index in [0.29, 0.717) is 0 Å². The number of nitrogens with zero attached hydrogens (tertiary/aromatic N) is 3. The molecule has 32 heavy (non-hydrogen) atoms. The maximum atomic E-state index is 13.7. The Morgan fingerprint density at radius 2 is 1.81 bits per heavy atom. The summed E-state index contributed by atoms with van der Waals surface area (Å²) in [5, 5.41) is 15.0. The summed E-state index contributed by atoms with van der Waals surface area (Å²) in [7, 11) is 0. The maximum absolute atomic E-state index is 13.7. The van der Waals surface area contributed by atoms with E-state index < -0.39 is 57.7 Å². The van der Waals surface area contributed by atoms with E-state index in [0.717, 1.165) is 23.9 Å². The fraction of sp³-hybridized carbons (Fsp3) is 0.474. The molecular weight excluding hydrogens is 446 g/mol. The number of carboxylic acids is 1. The maximum Gasteiger partial charge on any atom is 0.420 e. The summed E-state index contributed by atoms with van der Waals surface area (Å²) in [5.41, 5.74) is -5.82. The van der Waals surface area contributed by atoms with Crippen molar-refractivity contribution in [3.8, 4) is 0 Å². The molecule has 7 nitrogen and oxygen atoms in total. The third-order valence-electron chi connectivity index (χ3n) is 6.09. The van der Waals surface area contributed by atoms with Gasteiger partial charge in [-0.15, -0.1) is 0 Å². The fourth-order valence-electron chi connectivity index (χ4n) is 4.87. The van der Waals surface area contributed by atoms with Crippen LogP contribution in [0.25, 0.3) is 0 Å². The van der Waals surface area contributed by atoms with Crippen LogP contribution in [0.3, 0.4) is 0 Å². The molecule has 0 spiro atoms. The Morgan fingerprint density at radius 3 is 2.34 bits per heavy atom. The second-order valence-electron chi connectivity index (χ2n) is 8.46. The molecule has 2 bridgehead atoms. The Hall–Kier alpha value is -3.12. The Bertz CT molecular complexity index is 1100. The van der Waals surface area contributed by atoms with Crippen LogP contribution in [0.2, 0.25) is 0 Å². The first-order valence-corrected chi connectivity index (χ1v) is 9.39. The lowest BCUT2D eigenvalue weighted by atomic mass is 9.35. The molecule has 3 aliphatic carbocycles. The highest BCUT2D eigenvalue weighted by Gasteiger charge is 2.78. The first-order chi connectivity index (χ1) is 14.7. The van der Waals surface area contributed by atoms with Crippen molar-refractivity contribution in [2.45, 2.75) is 45.1 Å². The molecule has 0 saturated heterocycles. The third kappa shape index (κ3) is 3.39. The molecule has 0 atom stereocenters. The van der Waals surface area contributed by atoms with Gasteiger partial charge in [-0.1, -0.05) is 0 Å². The second kappa shape index (κ2) is 6.69. The number of pyridine rings is 1. The smallest absolute Gasteiger partial charge is 0.420 e. The number of carbonyl (C=O) groups excluding carboxylic acids is 1. The molecule has 0 unspecified atom stereocenters. The zero-order chi connectivity index (χ0) is 23.7. The molecule has 5 rings (SSSR count). The Balaban J connectivity index is 1.64. The van der Waals surface area contributed by atoms with Gasteiger partial charge in [-0.25, -0.2) is 9.78 Å².